The van der Waals surface area contributed by atoms with E-state index in [0.717, 1.165) is 5.56 Å². The first-order chi connectivity index (χ1) is 12.0. The Morgan fingerprint density at radius 1 is 1.08 bits per heavy atom. The summed E-state index contributed by atoms with van der Waals surface area (Å²) in [6.07, 6.45) is 1.78. The molecule has 0 radical (unpaired) electrons. The van der Waals surface area contributed by atoms with E-state index in [-0.39, 0.29) is 12.7 Å². The zero-order chi connectivity index (χ0) is 17.6. The molecular weight excluding hydrogens is 401 g/mol. The van der Waals surface area contributed by atoms with Crippen LogP contribution in [0.3, 0.4) is 0 Å². The third-order valence-corrected chi connectivity index (χ3v) is 5.69. The minimum absolute atomic E-state index is 0.203. The van der Waals surface area contributed by atoms with Crippen LogP contribution >= 0.6 is 47.2 Å². The maximum atomic E-state index is 12.8. The predicted molar refractivity (Wildman–Crippen MR) is 105 cm³/mol. The molecule has 8 heteroatoms. The van der Waals surface area contributed by atoms with Gasteiger partial charge in [0.2, 0.25) is 6.79 Å². The third-order valence-electron chi connectivity index (χ3n) is 3.65. The number of carbonyl (C=O) groups is 1. The lowest BCUT2D eigenvalue weighted by Crippen LogP contribution is -2.27. The number of benzene rings is 2. The van der Waals surface area contributed by atoms with Crippen molar-refractivity contribution < 1.29 is 14.3 Å². The van der Waals surface area contributed by atoms with Crippen LogP contribution in [0.5, 0.6) is 11.5 Å². The standard InChI is InChI=1S/C17H9Cl2NO3S2/c18-11-3-2-10(7-12(11)19)20-16(21)15(25-17(20)24)6-9-1-4-13-14(5-9)23-8-22-13/h1-7H,8H2. The van der Waals surface area contributed by atoms with E-state index in [1.165, 1.54) is 16.7 Å². The van der Waals surface area contributed by atoms with Gasteiger partial charge in [-0.25, -0.2) is 0 Å². The molecule has 0 bridgehead atoms. The Balaban J connectivity index is 1.65. The van der Waals surface area contributed by atoms with Crippen molar-refractivity contribution in [2.24, 2.45) is 0 Å². The molecule has 2 aromatic rings. The van der Waals surface area contributed by atoms with Crippen LogP contribution in [0.2, 0.25) is 10.0 Å². The molecule has 2 aliphatic rings. The molecule has 25 heavy (non-hydrogen) atoms. The molecule has 2 heterocycles. The van der Waals surface area contributed by atoms with Crippen molar-refractivity contribution in [2.75, 3.05) is 11.7 Å². The first kappa shape index (κ1) is 16.7. The molecule has 0 saturated carbocycles. The maximum absolute atomic E-state index is 12.8. The minimum Gasteiger partial charge on any atom is -0.454 e. The average Bonchev–Trinajstić information content (AvgIpc) is 3.15. The van der Waals surface area contributed by atoms with Gasteiger partial charge in [0.15, 0.2) is 15.8 Å². The number of ether oxygens (including phenoxy) is 2. The van der Waals surface area contributed by atoms with Gasteiger partial charge in [0.1, 0.15) is 0 Å². The first-order valence-corrected chi connectivity index (χ1v) is 9.13. The second-order valence-electron chi connectivity index (χ2n) is 5.23. The Morgan fingerprint density at radius 2 is 1.88 bits per heavy atom. The van der Waals surface area contributed by atoms with Gasteiger partial charge in [0.05, 0.1) is 20.6 Å². The Morgan fingerprint density at radius 3 is 2.68 bits per heavy atom. The Kier molecular flexibility index (Phi) is 4.37. The number of thiocarbonyl (C=S) groups is 1. The van der Waals surface area contributed by atoms with Crippen LogP contribution in [0.4, 0.5) is 5.69 Å². The molecule has 0 atom stereocenters. The van der Waals surface area contributed by atoms with Crippen molar-refractivity contribution in [1.82, 2.24) is 0 Å². The van der Waals surface area contributed by atoms with E-state index >= 15 is 0 Å². The van der Waals surface area contributed by atoms with Gasteiger partial charge in [-0.2, -0.15) is 0 Å². The number of amides is 1. The zero-order valence-electron chi connectivity index (χ0n) is 12.5. The van der Waals surface area contributed by atoms with Crippen molar-refractivity contribution in [1.29, 1.82) is 0 Å². The summed E-state index contributed by atoms with van der Waals surface area (Å²) in [5, 5.41) is 0.791. The van der Waals surface area contributed by atoms with Crippen LogP contribution < -0.4 is 14.4 Å². The highest BCUT2D eigenvalue weighted by atomic mass is 35.5. The average molecular weight is 410 g/mol. The minimum atomic E-state index is -0.203. The van der Waals surface area contributed by atoms with Crippen LogP contribution in [0.1, 0.15) is 5.56 Å². The third kappa shape index (κ3) is 3.11. The summed E-state index contributed by atoms with van der Waals surface area (Å²) in [6, 6.07) is 10.5. The molecule has 1 fully saturated rings. The fourth-order valence-electron chi connectivity index (χ4n) is 2.47. The highest BCUT2D eigenvalue weighted by molar-refractivity contribution is 8.27. The van der Waals surface area contributed by atoms with E-state index in [2.05, 4.69) is 0 Å². The lowest BCUT2D eigenvalue weighted by molar-refractivity contribution is -0.113. The molecule has 0 aliphatic carbocycles. The van der Waals surface area contributed by atoms with Crippen molar-refractivity contribution in [3.8, 4) is 11.5 Å². The molecule has 0 N–H and O–H groups in total. The predicted octanol–water partition coefficient (Wildman–Crippen LogP) is 5.13. The van der Waals surface area contributed by atoms with Crippen LogP contribution in [-0.4, -0.2) is 17.0 Å². The van der Waals surface area contributed by atoms with Gasteiger partial charge in [-0.05, 0) is 42.0 Å². The zero-order valence-corrected chi connectivity index (χ0v) is 15.6. The molecule has 2 aliphatic heterocycles. The summed E-state index contributed by atoms with van der Waals surface area (Å²) < 4.78 is 11.1. The summed E-state index contributed by atoms with van der Waals surface area (Å²) in [5.41, 5.74) is 1.42. The van der Waals surface area contributed by atoms with Gasteiger partial charge in [0, 0.05) is 0 Å². The van der Waals surface area contributed by atoms with Crippen LogP contribution in [0, 0.1) is 0 Å². The quantitative estimate of drug-likeness (QED) is 0.507. The molecule has 4 rings (SSSR count). The Bertz CT molecular complexity index is 945. The number of carbonyl (C=O) groups excluding carboxylic acids is 1. The van der Waals surface area contributed by atoms with Gasteiger partial charge >= 0.3 is 0 Å². The Labute approximate surface area is 163 Å². The summed E-state index contributed by atoms with van der Waals surface area (Å²) >= 11 is 18.6. The lowest BCUT2D eigenvalue weighted by Gasteiger charge is -2.15. The topological polar surface area (TPSA) is 38.8 Å². The first-order valence-electron chi connectivity index (χ1n) is 7.15. The van der Waals surface area contributed by atoms with E-state index in [1.807, 2.05) is 18.2 Å². The van der Waals surface area contributed by atoms with Gasteiger partial charge in [-0.3, -0.25) is 9.69 Å². The van der Waals surface area contributed by atoms with E-state index in [1.54, 1.807) is 24.3 Å². The van der Waals surface area contributed by atoms with Crippen molar-refractivity contribution in [3.63, 3.8) is 0 Å². The van der Waals surface area contributed by atoms with Gasteiger partial charge < -0.3 is 9.47 Å². The van der Waals surface area contributed by atoms with Crippen LogP contribution in [-0.2, 0) is 4.79 Å². The number of fused-ring (bicyclic) bond motifs is 1. The fourth-order valence-corrected chi connectivity index (χ4v) is 4.06. The number of hydrogen-bond donors (Lipinski definition) is 0. The second-order valence-corrected chi connectivity index (χ2v) is 7.72. The summed E-state index contributed by atoms with van der Waals surface area (Å²) in [5.74, 6) is 1.15. The molecule has 0 unspecified atom stereocenters. The molecule has 4 nitrogen and oxygen atoms in total. The van der Waals surface area contributed by atoms with E-state index in [4.69, 9.17) is 44.9 Å². The van der Waals surface area contributed by atoms with Crippen molar-refractivity contribution >= 4 is 69.2 Å². The van der Waals surface area contributed by atoms with Crippen LogP contribution in [0.15, 0.2) is 41.3 Å². The fraction of sp³-hybridized carbons (Fsp3) is 0.0588. The lowest BCUT2D eigenvalue weighted by atomic mass is 10.2. The van der Waals surface area contributed by atoms with Crippen molar-refractivity contribution in [3.05, 3.63) is 56.9 Å². The monoisotopic (exact) mass is 409 g/mol. The number of thioether (sulfide) groups is 1. The van der Waals surface area contributed by atoms with Gasteiger partial charge in [-0.1, -0.05) is 53.2 Å². The molecule has 2 aromatic carbocycles. The largest absolute Gasteiger partial charge is 0.454 e. The second kappa shape index (κ2) is 6.53. The molecule has 126 valence electrons. The molecule has 1 saturated heterocycles. The highest BCUT2D eigenvalue weighted by Crippen LogP contribution is 2.39. The molecule has 1 amide bonds. The summed E-state index contributed by atoms with van der Waals surface area (Å²) in [6.45, 7) is 0.207. The number of rotatable bonds is 2. The summed E-state index contributed by atoms with van der Waals surface area (Å²) in [7, 11) is 0. The normalized spacial score (nSPS) is 17.7. The molecule has 0 spiro atoms. The number of halogens is 2. The molecule has 0 aromatic heterocycles. The van der Waals surface area contributed by atoms with Crippen molar-refractivity contribution in [2.45, 2.75) is 0 Å². The summed E-state index contributed by atoms with van der Waals surface area (Å²) in [4.78, 5) is 14.7. The van der Waals surface area contributed by atoms with E-state index in [9.17, 15) is 4.79 Å². The van der Waals surface area contributed by atoms with Gasteiger partial charge in [-0.15, -0.1) is 0 Å². The maximum Gasteiger partial charge on any atom is 0.270 e. The molecular formula is C17H9Cl2NO3S2. The smallest absolute Gasteiger partial charge is 0.270 e. The van der Waals surface area contributed by atoms with Gasteiger partial charge in [0.25, 0.3) is 5.91 Å². The highest BCUT2D eigenvalue weighted by Gasteiger charge is 2.33. The van der Waals surface area contributed by atoms with E-state index < -0.39 is 0 Å². The Hall–Kier alpha value is -1.73. The van der Waals surface area contributed by atoms with E-state index in [0.29, 0.717) is 36.5 Å². The number of nitrogens with zero attached hydrogens (tertiary/aromatic N) is 1. The SMILES string of the molecule is O=C1C(=Cc2ccc3c(c2)OCO3)SC(=S)N1c1ccc(Cl)c(Cl)c1. The number of anilines is 1. The van der Waals surface area contributed by atoms with Crippen LogP contribution in [0.25, 0.3) is 6.08 Å². The number of hydrogen-bond acceptors (Lipinski definition) is 5.